The number of halogens is 2. The van der Waals surface area contributed by atoms with Gasteiger partial charge in [0, 0.05) is 12.8 Å². The summed E-state index contributed by atoms with van der Waals surface area (Å²) in [5.74, 6) is -2.46. The van der Waals surface area contributed by atoms with E-state index >= 15 is 0 Å². The van der Waals surface area contributed by atoms with Crippen molar-refractivity contribution in [1.82, 2.24) is 0 Å². The number of hydrogen-bond donors (Lipinski definition) is 1. The molecule has 3 heteroatoms. The minimum Gasteiger partial charge on any atom is -0.389 e. The highest BCUT2D eigenvalue weighted by atomic mass is 19.3. The lowest BCUT2D eigenvalue weighted by molar-refractivity contribution is -0.278. The zero-order chi connectivity index (χ0) is 10.8. The van der Waals surface area contributed by atoms with Crippen LogP contribution in [0.25, 0.3) is 0 Å². The Bertz CT molecular complexity index is 249. The minimum absolute atomic E-state index is 0.0155. The number of aliphatic hydroxyl groups is 1. The van der Waals surface area contributed by atoms with Crippen molar-refractivity contribution in [3.05, 3.63) is 0 Å². The summed E-state index contributed by atoms with van der Waals surface area (Å²) in [4.78, 5) is 0. The van der Waals surface area contributed by atoms with Gasteiger partial charge in [-0.25, -0.2) is 8.78 Å². The van der Waals surface area contributed by atoms with E-state index in [-0.39, 0.29) is 23.7 Å². The molecular weight excluding hydrogens is 186 g/mol. The van der Waals surface area contributed by atoms with Crippen molar-refractivity contribution in [2.75, 3.05) is 0 Å². The predicted octanol–water partition coefficient (Wildman–Crippen LogP) is 2.97. The average molecular weight is 204 g/mol. The van der Waals surface area contributed by atoms with Gasteiger partial charge in [-0.1, -0.05) is 20.8 Å². The van der Waals surface area contributed by atoms with Crippen molar-refractivity contribution >= 4 is 0 Å². The topological polar surface area (TPSA) is 20.2 Å². The molecule has 0 heterocycles. The van der Waals surface area contributed by atoms with E-state index in [0.29, 0.717) is 12.8 Å². The molecular formula is C11H18F2O. The van der Waals surface area contributed by atoms with Gasteiger partial charge in [-0.15, -0.1) is 0 Å². The van der Waals surface area contributed by atoms with Crippen molar-refractivity contribution < 1.29 is 13.9 Å². The summed E-state index contributed by atoms with van der Waals surface area (Å²) in [6.07, 6.45) is 1.08. The molecule has 2 fully saturated rings. The van der Waals surface area contributed by atoms with Crippen LogP contribution in [0.2, 0.25) is 0 Å². The highest BCUT2D eigenvalue weighted by Crippen LogP contribution is 2.68. The summed E-state index contributed by atoms with van der Waals surface area (Å²) in [7, 11) is 0. The number of rotatable bonds is 0. The smallest absolute Gasteiger partial charge is 0.249 e. The first-order chi connectivity index (χ1) is 6.08. The van der Waals surface area contributed by atoms with Gasteiger partial charge in [0.05, 0.1) is 5.60 Å². The summed E-state index contributed by atoms with van der Waals surface area (Å²) in [6.45, 7) is 5.91. The van der Waals surface area contributed by atoms with E-state index in [1.165, 1.54) is 0 Å². The summed E-state index contributed by atoms with van der Waals surface area (Å²) in [6, 6.07) is 0. The van der Waals surface area contributed by atoms with Crippen LogP contribution in [-0.2, 0) is 0 Å². The molecule has 82 valence electrons. The van der Waals surface area contributed by atoms with Gasteiger partial charge in [-0.2, -0.15) is 0 Å². The molecule has 0 aromatic heterocycles. The fraction of sp³-hybridized carbons (Fsp3) is 1.00. The van der Waals surface area contributed by atoms with Crippen molar-refractivity contribution in [3.8, 4) is 0 Å². The molecule has 0 saturated heterocycles. The predicted molar refractivity (Wildman–Crippen MR) is 50.3 cm³/mol. The van der Waals surface area contributed by atoms with Crippen LogP contribution in [0, 0.1) is 10.8 Å². The van der Waals surface area contributed by atoms with Gasteiger partial charge in [0.1, 0.15) is 0 Å². The van der Waals surface area contributed by atoms with Crippen LogP contribution in [0.1, 0.15) is 46.5 Å². The second kappa shape index (κ2) is 2.31. The highest BCUT2D eigenvalue weighted by molar-refractivity contribution is 5.16. The molecule has 0 unspecified atom stereocenters. The van der Waals surface area contributed by atoms with Gasteiger partial charge in [-0.3, -0.25) is 0 Å². The van der Waals surface area contributed by atoms with Crippen molar-refractivity contribution in [3.63, 3.8) is 0 Å². The van der Waals surface area contributed by atoms with Gasteiger partial charge in [0.15, 0.2) is 0 Å². The molecule has 0 amide bonds. The van der Waals surface area contributed by atoms with E-state index in [9.17, 15) is 13.9 Å². The maximum absolute atomic E-state index is 12.7. The molecule has 1 N–H and O–H groups in total. The second-order valence-electron chi connectivity index (χ2n) is 6.34. The standard InChI is InChI=1S/C11H18F2O/c1-8(2,3)10(14)4-9(5-10)6-11(12,13)7-9/h14H,4-7H2,1-3H3. The van der Waals surface area contributed by atoms with E-state index in [1.54, 1.807) is 0 Å². The van der Waals surface area contributed by atoms with Crippen LogP contribution >= 0.6 is 0 Å². The van der Waals surface area contributed by atoms with Crippen LogP contribution in [0.3, 0.4) is 0 Å². The van der Waals surface area contributed by atoms with Crippen LogP contribution in [0.5, 0.6) is 0 Å². The molecule has 0 aliphatic heterocycles. The van der Waals surface area contributed by atoms with Crippen LogP contribution in [0.15, 0.2) is 0 Å². The van der Waals surface area contributed by atoms with Gasteiger partial charge >= 0.3 is 0 Å². The molecule has 0 aromatic rings. The second-order valence-corrected chi connectivity index (χ2v) is 6.34. The lowest BCUT2D eigenvalue weighted by Gasteiger charge is -2.64. The van der Waals surface area contributed by atoms with E-state index in [2.05, 4.69) is 0 Å². The van der Waals surface area contributed by atoms with Gasteiger partial charge in [0.2, 0.25) is 5.92 Å². The molecule has 2 aliphatic carbocycles. The Morgan fingerprint density at radius 2 is 1.43 bits per heavy atom. The first kappa shape index (κ1) is 10.3. The normalized spacial score (nSPS) is 32.1. The molecule has 2 aliphatic rings. The number of alkyl halides is 2. The molecule has 1 spiro atoms. The molecule has 14 heavy (non-hydrogen) atoms. The fourth-order valence-corrected chi connectivity index (χ4v) is 3.01. The van der Waals surface area contributed by atoms with E-state index in [1.807, 2.05) is 20.8 Å². The van der Waals surface area contributed by atoms with E-state index in [0.717, 1.165) is 0 Å². The van der Waals surface area contributed by atoms with E-state index in [4.69, 9.17) is 0 Å². The van der Waals surface area contributed by atoms with Gasteiger partial charge < -0.3 is 5.11 Å². The maximum Gasteiger partial charge on any atom is 0.249 e. The van der Waals surface area contributed by atoms with Crippen LogP contribution < -0.4 is 0 Å². The van der Waals surface area contributed by atoms with Crippen LogP contribution in [0.4, 0.5) is 8.78 Å². The zero-order valence-corrected chi connectivity index (χ0v) is 9.03. The monoisotopic (exact) mass is 204 g/mol. The van der Waals surface area contributed by atoms with Gasteiger partial charge in [0.25, 0.3) is 0 Å². The molecule has 2 saturated carbocycles. The number of hydrogen-bond acceptors (Lipinski definition) is 1. The van der Waals surface area contributed by atoms with Gasteiger partial charge in [-0.05, 0) is 23.7 Å². The molecule has 2 rings (SSSR count). The molecule has 0 atom stereocenters. The maximum atomic E-state index is 12.7. The van der Waals surface area contributed by atoms with Crippen molar-refractivity contribution in [1.29, 1.82) is 0 Å². The molecule has 1 nitrogen and oxygen atoms in total. The van der Waals surface area contributed by atoms with E-state index < -0.39 is 11.5 Å². The van der Waals surface area contributed by atoms with Crippen molar-refractivity contribution in [2.24, 2.45) is 10.8 Å². The Morgan fingerprint density at radius 3 is 1.71 bits per heavy atom. The fourth-order valence-electron chi connectivity index (χ4n) is 3.01. The molecule has 0 bridgehead atoms. The van der Waals surface area contributed by atoms with Crippen LogP contribution in [-0.4, -0.2) is 16.6 Å². The summed E-state index contributed by atoms with van der Waals surface area (Å²) < 4.78 is 25.4. The SMILES string of the molecule is CC(C)(C)C1(O)CC2(CC(F)(F)C2)C1. The third kappa shape index (κ3) is 1.28. The Morgan fingerprint density at radius 1 is 1.00 bits per heavy atom. The molecule has 0 radical (unpaired) electrons. The molecule has 0 aromatic carbocycles. The highest BCUT2D eigenvalue weighted by Gasteiger charge is 2.68. The minimum atomic E-state index is -2.46. The lowest BCUT2D eigenvalue weighted by atomic mass is 9.44. The first-order valence-corrected chi connectivity index (χ1v) is 5.18. The Hall–Kier alpha value is -0.180. The first-order valence-electron chi connectivity index (χ1n) is 5.18. The zero-order valence-electron chi connectivity index (χ0n) is 9.03. The van der Waals surface area contributed by atoms with Crippen molar-refractivity contribution in [2.45, 2.75) is 58.0 Å². The Balaban J connectivity index is 1.98. The summed E-state index contributed by atoms with van der Waals surface area (Å²) >= 11 is 0. The lowest BCUT2D eigenvalue weighted by Crippen LogP contribution is -2.65. The summed E-state index contributed by atoms with van der Waals surface area (Å²) in [5.41, 5.74) is -1.14. The quantitative estimate of drug-likeness (QED) is 0.643. The largest absolute Gasteiger partial charge is 0.389 e. The summed E-state index contributed by atoms with van der Waals surface area (Å²) in [5, 5.41) is 10.2. The third-order valence-corrected chi connectivity index (χ3v) is 4.00. The Kier molecular flexibility index (Phi) is 1.71. The third-order valence-electron chi connectivity index (χ3n) is 4.00. The average Bonchev–Trinajstić information content (AvgIpc) is 1.76. The Labute approximate surface area is 83.5 Å².